The number of aromatic nitrogens is 2. The Morgan fingerprint density at radius 2 is 1.94 bits per heavy atom. The van der Waals surface area contributed by atoms with E-state index in [1.807, 2.05) is 6.07 Å². The zero-order valence-electron chi connectivity index (χ0n) is 9.63. The maximum absolute atomic E-state index is 5.67. The molecule has 0 aliphatic heterocycles. The average molecular weight is 228 g/mol. The molecule has 3 rings (SSSR count). The minimum atomic E-state index is 0.246. The number of rotatable bonds is 3. The molecule has 88 valence electrons. The molecule has 1 aromatic heterocycles. The van der Waals surface area contributed by atoms with E-state index in [1.54, 1.807) is 12.4 Å². The van der Waals surface area contributed by atoms with Gasteiger partial charge in [-0.1, -0.05) is 12.5 Å². The monoisotopic (exact) mass is 228 g/mol. The Labute approximate surface area is 100 Å². The van der Waals surface area contributed by atoms with Crippen molar-refractivity contribution in [2.75, 3.05) is 0 Å². The largest absolute Gasteiger partial charge is 0.271 e. The van der Waals surface area contributed by atoms with E-state index in [-0.39, 0.29) is 6.04 Å². The van der Waals surface area contributed by atoms with Crippen molar-refractivity contribution >= 4 is 11.0 Å². The summed E-state index contributed by atoms with van der Waals surface area (Å²) >= 11 is 0. The molecule has 2 aromatic rings. The van der Waals surface area contributed by atoms with E-state index < -0.39 is 0 Å². The fourth-order valence-electron chi connectivity index (χ4n) is 2.45. The van der Waals surface area contributed by atoms with Gasteiger partial charge in [0, 0.05) is 18.4 Å². The third kappa shape index (κ3) is 1.90. The zero-order valence-corrected chi connectivity index (χ0v) is 9.63. The molecule has 0 radical (unpaired) electrons. The number of nitrogens with one attached hydrogen (secondary N) is 1. The lowest BCUT2D eigenvalue weighted by molar-refractivity contribution is 0.232. The molecule has 0 spiro atoms. The fraction of sp³-hybridized carbons (Fsp3) is 0.385. The molecule has 1 saturated carbocycles. The highest BCUT2D eigenvalue weighted by Crippen LogP contribution is 2.37. The van der Waals surface area contributed by atoms with Crippen LogP contribution in [0.1, 0.15) is 30.9 Å². The van der Waals surface area contributed by atoms with E-state index in [1.165, 1.54) is 24.8 Å². The molecule has 0 saturated heterocycles. The van der Waals surface area contributed by atoms with Crippen molar-refractivity contribution in [3.63, 3.8) is 0 Å². The molecule has 1 heterocycles. The van der Waals surface area contributed by atoms with Crippen molar-refractivity contribution in [1.82, 2.24) is 15.4 Å². The SMILES string of the molecule is NNC(c1ccc2nccnc2c1)C1CCC1. The predicted molar refractivity (Wildman–Crippen MR) is 66.9 cm³/mol. The van der Waals surface area contributed by atoms with Gasteiger partial charge in [0.2, 0.25) is 0 Å². The molecule has 0 bridgehead atoms. The number of benzene rings is 1. The Kier molecular flexibility index (Phi) is 2.74. The van der Waals surface area contributed by atoms with Gasteiger partial charge in [0.15, 0.2) is 0 Å². The highest BCUT2D eigenvalue weighted by Gasteiger charge is 2.27. The van der Waals surface area contributed by atoms with E-state index in [0.29, 0.717) is 5.92 Å². The highest BCUT2D eigenvalue weighted by molar-refractivity contribution is 5.74. The Balaban J connectivity index is 1.98. The smallest absolute Gasteiger partial charge is 0.0890 e. The van der Waals surface area contributed by atoms with Crippen LogP contribution in [-0.2, 0) is 0 Å². The van der Waals surface area contributed by atoms with Gasteiger partial charge >= 0.3 is 0 Å². The lowest BCUT2D eigenvalue weighted by Gasteiger charge is -2.33. The predicted octanol–water partition coefficient (Wildman–Crippen LogP) is 1.93. The number of hydrazine groups is 1. The van der Waals surface area contributed by atoms with Gasteiger partial charge in [0.05, 0.1) is 11.0 Å². The third-order valence-electron chi connectivity index (χ3n) is 3.65. The minimum absolute atomic E-state index is 0.246. The van der Waals surface area contributed by atoms with Gasteiger partial charge in [-0.25, -0.2) is 0 Å². The first kappa shape index (κ1) is 10.6. The van der Waals surface area contributed by atoms with E-state index in [2.05, 4.69) is 27.5 Å². The van der Waals surface area contributed by atoms with Crippen LogP contribution in [0.4, 0.5) is 0 Å². The van der Waals surface area contributed by atoms with E-state index in [0.717, 1.165) is 11.0 Å². The fourth-order valence-corrected chi connectivity index (χ4v) is 2.45. The maximum atomic E-state index is 5.67. The van der Waals surface area contributed by atoms with Gasteiger partial charge in [-0.3, -0.25) is 21.2 Å². The molecule has 4 nitrogen and oxygen atoms in total. The molecule has 17 heavy (non-hydrogen) atoms. The molecule has 1 aromatic carbocycles. The number of nitrogens with two attached hydrogens (primary N) is 1. The Morgan fingerprint density at radius 1 is 1.18 bits per heavy atom. The van der Waals surface area contributed by atoms with Gasteiger partial charge in [0.25, 0.3) is 0 Å². The van der Waals surface area contributed by atoms with Crippen molar-refractivity contribution in [3.8, 4) is 0 Å². The summed E-state index contributed by atoms with van der Waals surface area (Å²) in [6.07, 6.45) is 7.27. The maximum Gasteiger partial charge on any atom is 0.0890 e. The first-order valence-corrected chi connectivity index (χ1v) is 6.05. The Morgan fingerprint density at radius 3 is 2.59 bits per heavy atom. The van der Waals surface area contributed by atoms with Gasteiger partial charge in [0.1, 0.15) is 0 Å². The molecule has 1 unspecified atom stereocenters. The lowest BCUT2D eigenvalue weighted by atomic mass is 9.77. The third-order valence-corrected chi connectivity index (χ3v) is 3.65. The number of hydrogen-bond donors (Lipinski definition) is 2. The molecular weight excluding hydrogens is 212 g/mol. The first-order chi connectivity index (χ1) is 8.38. The molecule has 3 N–H and O–H groups in total. The van der Waals surface area contributed by atoms with Crippen LogP contribution in [0.25, 0.3) is 11.0 Å². The average Bonchev–Trinajstić information content (AvgIpc) is 2.33. The summed E-state index contributed by atoms with van der Waals surface area (Å²) in [5.41, 5.74) is 6.02. The van der Waals surface area contributed by atoms with Crippen molar-refractivity contribution in [2.24, 2.45) is 11.8 Å². The van der Waals surface area contributed by atoms with Crippen molar-refractivity contribution in [1.29, 1.82) is 0 Å². The summed E-state index contributed by atoms with van der Waals surface area (Å²) in [6, 6.07) is 6.45. The number of hydrogen-bond acceptors (Lipinski definition) is 4. The van der Waals surface area contributed by atoms with Gasteiger partial charge < -0.3 is 0 Å². The van der Waals surface area contributed by atoms with Gasteiger partial charge in [-0.2, -0.15) is 0 Å². The summed E-state index contributed by atoms with van der Waals surface area (Å²) in [6.45, 7) is 0. The molecule has 1 aliphatic carbocycles. The van der Waals surface area contributed by atoms with E-state index >= 15 is 0 Å². The number of nitrogens with zero attached hydrogens (tertiary/aromatic N) is 2. The summed E-state index contributed by atoms with van der Waals surface area (Å²) < 4.78 is 0. The van der Waals surface area contributed by atoms with Crippen molar-refractivity contribution in [3.05, 3.63) is 36.2 Å². The first-order valence-electron chi connectivity index (χ1n) is 6.05. The molecule has 1 aliphatic rings. The zero-order chi connectivity index (χ0) is 11.7. The topological polar surface area (TPSA) is 63.8 Å². The Hall–Kier alpha value is -1.52. The second kappa shape index (κ2) is 4.39. The number of fused-ring (bicyclic) bond motifs is 1. The van der Waals surface area contributed by atoms with Crippen LogP contribution in [-0.4, -0.2) is 9.97 Å². The normalized spacial score (nSPS) is 17.9. The summed E-state index contributed by atoms with van der Waals surface area (Å²) in [7, 11) is 0. The summed E-state index contributed by atoms with van der Waals surface area (Å²) in [5.74, 6) is 6.33. The molecule has 1 fully saturated rings. The molecule has 4 heteroatoms. The van der Waals surface area contributed by atoms with Crippen LogP contribution in [0.15, 0.2) is 30.6 Å². The molecule has 0 amide bonds. The molecular formula is C13H16N4. The van der Waals surface area contributed by atoms with Crippen LogP contribution in [0.2, 0.25) is 0 Å². The summed E-state index contributed by atoms with van der Waals surface area (Å²) in [4.78, 5) is 8.60. The molecule has 1 atom stereocenters. The second-order valence-corrected chi connectivity index (χ2v) is 4.64. The van der Waals surface area contributed by atoms with Crippen LogP contribution >= 0.6 is 0 Å². The van der Waals surface area contributed by atoms with Gasteiger partial charge in [-0.15, -0.1) is 0 Å². The Bertz CT molecular complexity index is 522. The van der Waals surface area contributed by atoms with Crippen LogP contribution in [0, 0.1) is 5.92 Å². The highest BCUT2D eigenvalue weighted by atomic mass is 15.2. The van der Waals surface area contributed by atoms with Crippen LogP contribution in [0.5, 0.6) is 0 Å². The van der Waals surface area contributed by atoms with Gasteiger partial charge in [-0.05, 0) is 36.5 Å². The summed E-state index contributed by atoms with van der Waals surface area (Å²) in [5, 5.41) is 0. The quantitative estimate of drug-likeness (QED) is 0.622. The lowest BCUT2D eigenvalue weighted by Crippen LogP contribution is -2.36. The second-order valence-electron chi connectivity index (χ2n) is 4.64. The standard InChI is InChI=1S/C13H16N4/c14-17-13(9-2-1-3-9)10-4-5-11-12(8-10)16-7-6-15-11/h4-9,13,17H,1-3,14H2. The van der Waals surface area contributed by atoms with Crippen LogP contribution in [0.3, 0.4) is 0 Å². The van der Waals surface area contributed by atoms with Crippen molar-refractivity contribution < 1.29 is 0 Å². The van der Waals surface area contributed by atoms with Crippen LogP contribution < -0.4 is 11.3 Å². The van der Waals surface area contributed by atoms with E-state index in [4.69, 9.17) is 5.84 Å². The van der Waals surface area contributed by atoms with Crippen molar-refractivity contribution in [2.45, 2.75) is 25.3 Å². The minimum Gasteiger partial charge on any atom is -0.271 e. The van der Waals surface area contributed by atoms with E-state index in [9.17, 15) is 0 Å².